The van der Waals surface area contributed by atoms with E-state index in [-0.39, 0.29) is 29.9 Å². The number of piperazine rings is 1. The second-order valence-corrected chi connectivity index (χ2v) is 8.81. The average molecular weight is 462 g/mol. The Balaban J connectivity index is 1.29. The molecule has 0 saturated carbocycles. The first-order valence-electron chi connectivity index (χ1n) is 11.1. The standard InChI is InChI=1S/C22H31N5O4S/c1-30-18-5-2-15(3-6-18)24-22(32)25-16-12-19-21(29)23-13-17(27(19)14-16)4-7-20(28)26-8-10-31-11-9-26/h2-3,5-6,16-17,19H,4,7-14H2,1H3,(H,23,29)(H2,24,25,32)/t16-,17+,19-/m0/s1. The molecule has 3 aliphatic heterocycles. The number of carbonyl (C=O) groups is 2. The van der Waals surface area contributed by atoms with Gasteiger partial charge in [-0.05, 0) is 49.3 Å². The molecule has 0 spiro atoms. The number of benzene rings is 1. The van der Waals surface area contributed by atoms with Crippen molar-refractivity contribution in [3.8, 4) is 5.75 Å². The summed E-state index contributed by atoms with van der Waals surface area (Å²) in [5, 5.41) is 10.1. The Hall–Kier alpha value is -2.43. The zero-order chi connectivity index (χ0) is 22.5. The summed E-state index contributed by atoms with van der Waals surface area (Å²) in [7, 11) is 1.63. The van der Waals surface area contributed by atoms with E-state index in [1.54, 1.807) is 7.11 Å². The van der Waals surface area contributed by atoms with E-state index in [0.29, 0.717) is 50.8 Å². The number of morpholine rings is 1. The first-order chi connectivity index (χ1) is 15.5. The number of thiocarbonyl (C=S) groups is 1. The van der Waals surface area contributed by atoms with Crippen molar-refractivity contribution in [3.05, 3.63) is 24.3 Å². The van der Waals surface area contributed by atoms with Crippen LogP contribution in [0.5, 0.6) is 5.75 Å². The number of rotatable bonds is 6. The molecule has 0 aromatic heterocycles. The van der Waals surface area contributed by atoms with Gasteiger partial charge in [0.05, 0.1) is 26.4 Å². The number of hydrogen-bond donors (Lipinski definition) is 3. The van der Waals surface area contributed by atoms with Crippen LogP contribution in [0.4, 0.5) is 5.69 Å². The topological polar surface area (TPSA) is 95.2 Å². The molecule has 2 amide bonds. The van der Waals surface area contributed by atoms with Crippen LogP contribution in [0.25, 0.3) is 0 Å². The average Bonchev–Trinajstić information content (AvgIpc) is 3.24. The number of nitrogens with one attached hydrogen (secondary N) is 3. The van der Waals surface area contributed by atoms with Gasteiger partial charge in [-0.3, -0.25) is 14.5 Å². The Morgan fingerprint density at radius 1 is 1.28 bits per heavy atom. The maximum atomic E-state index is 12.5. The van der Waals surface area contributed by atoms with Crippen LogP contribution in [0.15, 0.2) is 24.3 Å². The molecule has 0 unspecified atom stereocenters. The highest BCUT2D eigenvalue weighted by Crippen LogP contribution is 2.26. The lowest BCUT2D eigenvalue weighted by Crippen LogP contribution is -2.58. The number of nitrogens with zero attached hydrogens (tertiary/aromatic N) is 2. The molecular weight excluding hydrogens is 430 g/mol. The number of amides is 2. The summed E-state index contributed by atoms with van der Waals surface area (Å²) >= 11 is 5.48. The zero-order valence-corrected chi connectivity index (χ0v) is 19.2. The summed E-state index contributed by atoms with van der Waals surface area (Å²) in [6.45, 7) is 3.84. The van der Waals surface area contributed by atoms with E-state index in [0.717, 1.165) is 24.4 Å². The fraction of sp³-hybridized carbons (Fsp3) is 0.591. The first-order valence-corrected chi connectivity index (χ1v) is 11.5. The highest BCUT2D eigenvalue weighted by molar-refractivity contribution is 7.80. The van der Waals surface area contributed by atoms with Gasteiger partial charge in [-0.1, -0.05) is 0 Å². The minimum Gasteiger partial charge on any atom is -0.497 e. The van der Waals surface area contributed by atoms with Crippen molar-refractivity contribution in [1.29, 1.82) is 0 Å². The molecule has 32 heavy (non-hydrogen) atoms. The number of ether oxygens (including phenoxy) is 2. The number of anilines is 1. The van der Waals surface area contributed by atoms with Crippen LogP contribution in [0, 0.1) is 0 Å². The molecule has 10 heteroatoms. The summed E-state index contributed by atoms with van der Waals surface area (Å²) in [5.41, 5.74) is 0.872. The lowest BCUT2D eigenvalue weighted by atomic mass is 10.0. The minimum atomic E-state index is -0.187. The molecule has 3 atom stereocenters. The monoisotopic (exact) mass is 461 g/mol. The van der Waals surface area contributed by atoms with Crippen LogP contribution >= 0.6 is 12.2 Å². The second-order valence-electron chi connectivity index (χ2n) is 8.40. The summed E-state index contributed by atoms with van der Waals surface area (Å²) < 4.78 is 10.5. The number of carbonyl (C=O) groups excluding carboxylic acids is 2. The molecule has 3 saturated heterocycles. The Morgan fingerprint density at radius 3 is 2.75 bits per heavy atom. The van der Waals surface area contributed by atoms with Gasteiger partial charge in [0.1, 0.15) is 5.75 Å². The molecule has 3 aliphatic rings. The highest BCUT2D eigenvalue weighted by atomic mass is 32.1. The van der Waals surface area contributed by atoms with Crippen LogP contribution in [-0.4, -0.2) is 91.4 Å². The number of hydrogen-bond acceptors (Lipinski definition) is 6. The van der Waals surface area contributed by atoms with E-state index in [1.165, 1.54) is 0 Å². The van der Waals surface area contributed by atoms with E-state index < -0.39 is 0 Å². The summed E-state index contributed by atoms with van der Waals surface area (Å²) in [6, 6.07) is 7.58. The highest BCUT2D eigenvalue weighted by Gasteiger charge is 2.43. The molecule has 0 bridgehead atoms. The first kappa shape index (κ1) is 22.8. The van der Waals surface area contributed by atoms with Gasteiger partial charge in [0.2, 0.25) is 11.8 Å². The van der Waals surface area contributed by atoms with Gasteiger partial charge in [0.15, 0.2) is 5.11 Å². The summed E-state index contributed by atoms with van der Waals surface area (Å²) in [4.78, 5) is 29.1. The fourth-order valence-electron chi connectivity index (χ4n) is 4.64. The van der Waals surface area contributed by atoms with Gasteiger partial charge in [-0.25, -0.2) is 0 Å². The third-order valence-electron chi connectivity index (χ3n) is 6.36. The number of methoxy groups -OCH3 is 1. The van der Waals surface area contributed by atoms with Crippen molar-refractivity contribution in [1.82, 2.24) is 20.4 Å². The quantitative estimate of drug-likeness (QED) is 0.529. The van der Waals surface area contributed by atoms with E-state index in [9.17, 15) is 9.59 Å². The second kappa shape index (κ2) is 10.5. The van der Waals surface area contributed by atoms with E-state index >= 15 is 0 Å². The smallest absolute Gasteiger partial charge is 0.237 e. The van der Waals surface area contributed by atoms with Crippen LogP contribution in [-0.2, 0) is 14.3 Å². The molecule has 3 fully saturated rings. The van der Waals surface area contributed by atoms with Crippen molar-refractivity contribution in [3.63, 3.8) is 0 Å². The van der Waals surface area contributed by atoms with E-state index in [2.05, 4.69) is 20.9 Å². The van der Waals surface area contributed by atoms with Crippen molar-refractivity contribution < 1.29 is 19.1 Å². The van der Waals surface area contributed by atoms with Crippen LogP contribution < -0.4 is 20.7 Å². The SMILES string of the molecule is COc1ccc(NC(=S)N[C@H]2C[C@H]3C(=O)NC[C@@H](CCC(=O)N4CCOCC4)N3C2)cc1. The molecule has 4 rings (SSSR count). The van der Waals surface area contributed by atoms with Gasteiger partial charge in [0.25, 0.3) is 0 Å². The summed E-state index contributed by atoms with van der Waals surface area (Å²) in [6.07, 6.45) is 1.90. The molecule has 174 valence electrons. The normalized spacial score (nSPS) is 25.6. The Kier molecular flexibility index (Phi) is 7.44. The predicted molar refractivity (Wildman–Crippen MR) is 125 cm³/mol. The Morgan fingerprint density at radius 2 is 2.03 bits per heavy atom. The maximum absolute atomic E-state index is 12.5. The van der Waals surface area contributed by atoms with Gasteiger partial charge in [-0.15, -0.1) is 0 Å². The maximum Gasteiger partial charge on any atom is 0.237 e. The summed E-state index contributed by atoms with van der Waals surface area (Å²) in [5.74, 6) is 1.01. The van der Waals surface area contributed by atoms with Crippen LogP contribution in [0.2, 0.25) is 0 Å². The van der Waals surface area contributed by atoms with Gasteiger partial charge >= 0.3 is 0 Å². The Bertz CT molecular complexity index is 830. The zero-order valence-electron chi connectivity index (χ0n) is 18.3. The fourth-order valence-corrected chi connectivity index (χ4v) is 4.92. The van der Waals surface area contributed by atoms with E-state index in [4.69, 9.17) is 21.7 Å². The van der Waals surface area contributed by atoms with Gasteiger partial charge in [-0.2, -0.15) is 0 Å². The van der Waals surface area contributed by atoms with E-state index in [1.807, 2.05) is 29.2 Å². The lowest BCUT2D eigenvalue weighted by Gasteiger charge is -2.37. The largest absolute Gasteiger partial charge is 0.497 e. The Labute approximate surface area is 193 Å². The van der Waals surface area contributed by atoms with Crippen molar-refractivity contribution in [2.75, 3.05) is 51.8 Å². The third kappa shape index (κ3) is 5.48. The third-order valence-corrected chi connectivity index (χ3v) is 6.58. The molecule has 1 aromatic rings. The molecule has 3 N–H and O–H groups in total. The molecular formula is C22H31N5O4S. The number of fused-ring (bicyclic) bond motifs is 1. The van der Waals surface area contributed by atoms with Crippen molar-refractivity contribution in [2.45, 2.75) is 37.4 Å². The molecule has 1 aromatic carbocycles. The minimum absolute atomic E-state index is 0.0547. The molecule has 0 radical (unpaired) electrons. The van der Waals surface area contributed by atoms with Crippen molar-refractivity contribution >= 4 is 34.8 Å². The lowest BCUT2D eigenvalue weighted by molar-refractivity contribution is -0.136. The van der Waals surface area contributed by atoms with Crippen molar-refractivity contribution in [2.24, 2.45) is 0 Å². The van der Waals surface area contributed by atoms with Gasteiger partial charge < -0.3 is 30.3 Å². The molecule has 0 aliphatic carbocycles. The van der Waals surface area contributed by atoms with Gasteiger partial charge in [0, 0.05) is 50.4 Å². The molecule has 3 heterocycles. The predicted octanol–water partition coefficient (Wildman–Crippen LogP) is 0.562. The van der Waals surface area contributed by atoms with Crippen LogP contribution in [0.1, 0.15) is 19.3 Å². The van der Waals surface area contributed by atoms with Crippen LogP contribution in [0.3, 0.4) is 0 Å². The molecule has 9 nitrogen and oxygen atoms in total.